The Balaban J connectivity index is 3.20. The molecule has 0 atom stereocenters. The molecule has 3 nitrogen and oxygen atoms in total. The van der Waals surface area contributed by atoms with Gasteiger partial charge in [-0.15, -0.1) is 0 Å². The number of rotatable bonds is 1. The van der Waals surface area contributed by atoms with Gasteiger partial charge in [-0.3, -0.25) is 9.78 Å². The van der Waals surface area contributed by atoms with Crippen LogP contribution in [0.2, 0.25) is 0 Å². The maximum absolute atomic E-state index is 12.1. The lowest BCUT2D eigenvalue weighted by Gasteiger charge is -1.91. The molecule has 2 N–H and O–H groups in total. The van der Waals surface area contributed by atoms with Gasteiger partial charge in [-0.1, -0.05) is 0 Å². The number of hydrogen-bond donors (Lipinski definition) is 2. The molecule has 0 aliphatic rings. The van der Waals surface area contributed by atoms with Crippen LogP contribution in [0.4, 0.5) is 4.39 Å². The van der Waals surface area contributed by atoms with Crippen molar-refractivity contribution in [3.05, 3.63) is 34.0 Å². The van der Waals surface area contributed by atoms with E-state index in [-0.39, 0.29) is 12.2 Å². The van der Waals surface area contributed by atoms with Crippen LogP contribution in [0, 0.1) is 5.95 Å². The summed E-state index contributed by atoms with van der Waals surface area (Å²) in [5, 5.41) is 8.47. The zero-order valence-corrected chi connectivity index (χ0v) is 5.10. The first-order chi connectivity index (χ1) is 4.74. The highest BCUT2D eigenvalue weighted by molar-refractivity contribution is 5.07. The van der Waals surface area contributed by atoms with Crippen molar-refractivity contribution in [2.75, 3.05) is 0 Å². The van der Waals surface area contributed by atoms with Crippen LogP contribution in [0.3, 0.4) is 0 Å². The first kappa shape index (κ1) is 6.95. The van der Waals surface area contributed by atoms with Crippen LogP contribution in [0.25, 0.3) is 0 Å². The molecule has 0 amide bonds. The third-order valence-electron chi connectivity index (χ3n) is 1.13. The number of aromatic nitrogens is 1. The monoisotopic (exact) mass is 143 g/mol. The van der Waals surface area contributed by atoms with Crippen molar-refractivity contribution in [2.45, 2.75) is 6.61 Å². The van der Waals surface area contributed by atoms with Crippen molar-refractivity contribution in [2.24, 2.45) is 0 Å². The van der Waals surface area contributed by atoms with Crippen molar-refractivity contribution in [1.82, 2.24) is 4.98 Å². The standard InChI is InChI=1S/C6H6FNO2/c7-5-2-1-4(3-9)6(10)8-5/h1-2,9H,3H2,(H,8,10). The van der Waals surface area contributed by atoms with Gasteiger partial charge < -0.3 is 5.11 Å². The second kappa shape index (κ2) is 2.62. The summed E-state index contributed by atoms with van der Waals surface area (Å²) in [6.07, 6.45) is 0. The minimum Gasteiger partial charge on any atom is -0.391 e. The van der Waals surface area contributed by atoms with Gasteiger partial charge in [0.25, 0.3) is 5.56 Å². The van der Waals surface area contributed by atoms with E-state index in [1.165, 1.54) is 6.07 Å². The Morgan fingerprint density at radius 3 is 2.80 bits per heavy atom. The zero-order chi connectivity index (χ0) is 7.56. The van der Waals surface area contributed by atoms with Crippen LogP contribution in [-0.4, -0.2) is 10.1 Å². The highest BCUT2D eigenvalue weighted by Crippen LogP contribution is 1.91. The molecule has 54 valence electrons. The SMILES string of the molecule is O=c1[nH]c(F)ccc1CO. The number of nitrogens with one attached hydrogen (secondary N) is 1. The van der Waals surface area contributed by atoms with E-state index in [1.807, 2.05) is 4.98 Å². The zero-order valence-electron chi connectivity index (χ0n) is 5.10. The average molecular weight is 143 g/mol. The molecule has 0 aliphatic heterocycles. The fourth-order valence-corrected chi connectivity index (χ4v) is 0.604. The van der Waals surface area contributed by atoms with Gasteiger partial charge in [-0.25, -0.2) is 0 Å². The van der Waals surface area contributed by atoms with Gasteiger partial charge in [0, 0.05) is 5.56 Å². The molecule has 1 aromatic rings. The van der Waals surface area contributed by atoms with Crippen LogP contribution in [-0.2, 0) is 6.61 Å². The molecular weight excluding hydrogens is 137 g/mol. The van der Waals surface area contributed by atoms with E-state index in [9.17, 15) is 9.18 Å². The molecule has 0 aliphatic carbocycles. The van der Waals surface area contributed by atoms with Crippen molar-refractivity contribution >= 4 is 0 Å². The summed E-state index contributed by atoms with van der Waals surface area (Å²) in [5.41, 5.74) is -0.413. The quantitative estimate of drug-likeness (QED) is 0.544. The van der Waals surface area contributed by atoms with E-state index in [0.29, 0.717) is 0 Å². The lowest BCUT2D eigenvalue weighted by molar-refractivity contribution is 0.279. The maximum Gasteiger partial charge on any atom is 0.255 e. The maximum atomic E-state index is 12.1. The molecule has 0 saturated carbocycles. The molecule has 1 rings (SSSR count). The molecule has 1 heterocycles. The van der Waals surface area contributed by atoms with Crippen molar-refractivity contribution in [3.8, 4) is 0 Å². The van der Waals surface area contributed by atoms with E-state index in [0.717, 1.165) is 6.07 Å². The molecule has 0 saturated heterocycles. The van der Waals surface area contributed by atoms with Crippen LogP contribution in [0.1, 0.15) is 5.56 Å². The lowest BCUT2D eigenvalue weighted by atomic mass is 10.3. The predicted octanol–water partition coefficient (Wildman–Crippen LogP) is 0.00630. The smallest absolute Gasteiger partial charge is 0.255 e. The van der Waals surface area contributed by atoms with Gasteiger partial charge in [0.1, 0.15) is 0 Å². The first-order valence-corrected chi connectivity index (χ1v) is 2.72. The van der Waals surface area contributed by atoms with Gasteiger partial charge in [-0.05, 0) is 12.1 Å². The number of pyridine rings is 1. The minimum absolute atomic E-state index is 0.168. The summed E-state index contributed by atoms with van der Waals surface area (Å²) in [7, 11) is 0. The molecule has 0 aromatic carbocycles. The Morgan fingerprint density at radius 2 is 2.30 bits per heavy atom. The molecule has 0 unspecified atom stereocenters. The van der Waals surface area contributed by atoms with Gasteiger partial charge in [0.2, 0.25) is 0 Å². The fourth-order valence-electron chi connectivity index (χ4n) is 0.604. The van der Waals surface area contributed by atoms with E-state index >= 15 is 0 Å². The molecule has 0 radical (unpaired) electrons. The molecule has 0 fully saturated rings. The molecule has 0 spiro atoms. The summed E-state index contributed by atoms with van der Waals surface area (Å²) in [6, 6.07) is 2.33. The minimum atomic E-state index is -0.692. The van der Waals surface area contributed by atoms with Crippen molar-refractivity contribution < 1.29 is 9.50 Å². The number of aliphatic hydroxyl groups is 1. The normalized spacial score (nSPS) is 9.80. The Hall–Kier alpha value is -1.16. The Labute approximate surface area is 56.1 Å². The van der Waals surface area contributed by atoms with Gasteiger partial charge in [0.15, 0.2) is 5.95 Å². The number of H-pyrrole nitrogens is 1. The molecule has 4 heteroatoms. The number of aromatic amines is 1. The number of aliphatic hydroxyl groups excluding tert-OH is 1. The van der Waals surface area contributed by atoms with E-state index in [2.05, 4.69) is 0 Å². The second-order valence-electron chi connectivity index (χ2n) is 1.82. The topological polar surface area (TPSA) is 53.1 Å². The third-order valence-corrected chi connectivity index (χ3v) is 1.13. The summed E-state index contributed by atoms with van der Waals surface area (Å²) < 4.78 is 12.1. The largest absolute Gasteiger partial charge is 0.391 e. The second-order valence-corrected chi connectivity index (χ2v) is 1.82. The molecule has 10 heavy (non-hydrogen) atoms. The van der Waals surface area contributed by atoms with E-state index < -0.39 is 11.5 Å². The fraction of sp³-hybridized carbons (Fsp3) is 0.167. The van der Waals surface area contributed by atoms with Crippen LogP contribution < -0.4 is 5.56 Å². The molecule has 1 aromatic heterocycles. The number of hydrogen-bond acceptors (Lipinski definition) is 2. The first-order valence-electron chi connectivity index (χ1n) is 2.72. The van der Waals surface area contributed by atoms with E-state index in [4.69, 9.17) is 5.11 Å². The average Bonchev–Trinajstić information content (AvgIpc) is 1.88. The summed E-state index contributed by atoms with van der Waals surface area (Å²) in [4.78, 5) is 12.5. The van der Waals surface area contributed by atoms with Gasteiger partial charge in [0.05, 0.1) is 6.61 Å². The lowest BCUT2D eigenvalue weighted by Crippen LogP contribution is -2.12. The van der Waals surface area contributed by atoms with Crippen LogP contribution in [0.15, 0.2) is 16.9 Å². The Morgan fingerprint density at radius 1 is 1.60 bits per heavy atom. The predicted molar refractivity (Wildman–Crippen MR) is 32.9 cm³/mol. The van der Waals surface area contributed by atoms with Crippen molar-refractivity contribution in [1.29, 1.82) is 0 Å². The van der Waals surface area contributed by atoms with Crippen LogP contribution >= 0.6 is 0 Å². The Bertz CT molecular complexity index is 281. The highest BCUT2D eigenvalue weighted by Gasteiger charge is 1.96. The van der Waals surface area contributed by atoms with E-state index in [1.54, 1.807) is 0 Å². The summed E-state index contributed by atoms with van der Waals surface area (Å²) in [5.74, 6) is -0.692. The highest BCUT2D eigenvalue weighted by atomic mass is 19.1. The van der Waals surface area contributed by atoms with Gasteiger partial charge >= 0.3 is 0 Å². The molecular formula is C6H6FNO2. The third kappa shape index (κ3) is 1.22. The summed E-state index contributed by atoms with van der Waals surface area (Å²) >= 11 is 0. The van der Waals surface area contributed by atoms with Crippen molar-refractivity contribution in [3.63, 3.8) is 0 Å². The number of halogens is 1. The Kier molecular flexibility index (Phi) is 1.82. The summed E-state index contributed by atoms with van der Waals surface area (Å²) in [6.45, 7) is -0.365. The van der Waals surface area contributed by atoms with Gasteiger partial charge in [-0.2, -0.15) is 4.39 Å². The van der Waals surface area contributed by atoms with Crippen LogP contribution in [0.5, 0.6) is 0 Å². The molecule has 0 bridgehead atoms.